The fourth-order valence-corrected chi connectivity index (χ4v) is 19.2. The average molecular weight is 1040 g/mol. The lowest BCUT2D eigenvalue weighted by Crippen LogP contribution is -2.43. The first kappa shape index (κ1) is 69.7. The van der Waals surface area contributed by atoms with E-state index in [1.54, 1.807) is 0 Å². The average Bonchev–Trinajstić information content (AvgIpc) is 3.28. The maximum absolute atomic E-state index is 3.85. The lowest BCUT2D eigenvalue weighted by atomic mass is 10.1. The van der Waals surface area contributed by atoms with E-state index in [9.17, 15) is 0 Å². The van der Waals surface area contributed by atoms with Gasteiger partial charge in [-0.1, -0.05) is 240 Å². The number of allylic oxidation sites excluding steroid dienone is 18. The summed E-state index contributed by atoms with van der Waals surface area (Å²) in [4.78, 5) is 0. The molecule has 0 aliphatic rings. The Kier molecular flexibility index (Phi) is 30.2. The summed E-state index contributed by atoms with van der Waals surface area (Å²) in [6, 6.07) is 0. The Balaban J connectivity index is 7.27. The summed E-state index contributed by atoms with van der Waals surface area (Å²) >= 11 is 0. The Morgan fingerprint density at radius 1 is 0.171 bits per heavy atom. The van der Waals surface area contributed by atoms with Gasteiger partial charge < -0.3 is 0 Å². The van der Waals surface area contributed by atoms with E-state index in [2.05, 4.69) is 228 Å². The van der Waals surface area contributed by atoms with Crippen LogP contribution < -0.4 is 0 Å². The van der Waals surface area contributed by atoms with Crippen molar-refractivity contribution < 1.29 is 0 Å². The van der Waals surface area contributed by atoms with Gasteiger partial charge in [0.1, 0.15) is 16.1 Å². The van der Waals surface area contributed by atoms with Gasteiger partial charge in [-0.3, -0.25) is 0 Å². The third-order valence-electron chi connectivity index (χ3n) is 13.5. The van der Waals surface area contributed by atoms with Crippen molar-refractivity contribution in [2.24, 2.45) is 0 Å². The molecule has 2 heteroatoms. The summed E-state index contributed by atoms with van der Waals surface area (Å²) in [6.07, 6.45) is 0. The second kappa shape index (κ2) is 33.0. The van der Waals surface area contributed by atoms with E-state index in [1.165, 1.54) is 0 Å². The SMILES string of the molecule is CC(C)=C(C#CC(C#CC(C#CC(C#CC(C#C[Si](C(C)C)(C(C)C)C(C)C)=C(C)C)=C(C)C)=C(C)C)=C(C)C)C#CC(C#CC(C#CC(C#CC(C#C[Si](C(C)C)(C(C)C)C(C)C)=C(C)C)=C(C)C)=C(C)C)=C(C)C. The summed E-state index contributed by atoms with van der Waals surface area (Å²) in [7, 11) is -3.83. The van der Waals surface area contributed by atoms with Crippen LogP contribution in [0, 0.1) is 118 Å². The van der Waals surface area contributed by atoms with E-state index in [0.29, 0.717) is 33.2 Å². The zero-order valence-electron chi connectivity index (χ0n) is 53.5. The molecule has 0 aromatic rings. The van der Waals surface area contributed by atoms with Crippen LogP contribution in [-0.4, -0.2) is 16.1 Å². The summed E-state index contributed by atoms with van der Waals surface area (Å²) < 4.78 is 0. The van der Waals surface area contributed by atoms with Crippen LogP contribution in [-0.2, 0) is 0 Å². The lowest BCUT2D eigenvalue weighted by Gasteiger charge is -2.38. The van der Waals surface area contributed by atoms with E-state index in [0.717, 1.165) is 100 Å². The lowest BCUT2D eigenvalue weighted by molar-refractivity contribution is 0.838. The molecule has 400 valence electrons. The molecule has 0 fully saturated rings. The molecule has 0 aliphatic carbocycles. The van der Waals surface area contributed by atoms with E-state index in [-0.39, 0.29) is 0 Å². The van der Waals surface area contributed by atoms with Gasteiger partial charge in [0, 0.05) is 0 Å². The minimum atomic E-state index is -1.91. The molecule has 0 rings (SSSR count). The summed E-state index contributed by atoms with van der Waals surface area (Å²) in [6.45, 7) is 64.9. The minimum Gasteiger partial charge on any atom is -0.124 e. The normalized spacial score (nSPS) is 9.89. The van der Waals surface area contributed by atoms with Crippen LogP contribution in [0.25, 0.3) is 0 Å². The van der Waals surface area contributed by atoms with Gasteiger partial charge in [-0.2, -0.15) is 0 Å². The zero-order valence-corrected chi connectivity index (χ0v) is 55.5. The Labute approximate surface area is 472 Å². The molecule has 0 heterocycles. The third kappa shape index (κ3) is 21.7. The fraction of sp³-hybridized carbons (Fsp3) is 0.486. The monoisotopic (exact) mass is 1040 g/mol. The van der Waals surface area contributed by atoms with Crippen LogP contribution in [0.2, 0.25) is 33.2 Å². The van der Waals surface area contributed by atoms with E-state index < -0.39 is 16.1 Å². The van der Waals surface area contributed by atoms with Crippen LogP contribution in [0.1, 0.15) is 208 Å². The molecule has 0 atom stereocenters. The third-order valence-corrected chi connectivity index (χ3v) is 26.1. The summed E-state index contributed by atoms with van der Waals surface area (Å²) in [5.41, 5.74) is 27.3. The van der Waals surface area contributed by atoms with Crippen molar-refractivity contribution in [3.8, 4) is 118 Å². The standard InChI is InChI=1S/C74H96Si2/c1-51(2)66(31-33-67(52(3)4)35-37-69(54(7)8)39-41-71(56(11)12)43-45-73(58(15)16)47-49-75(60(19)20,61(21)22)62(23)24)32-34-68(53(5)6)36-38-70(55(9)10)40-42-72(57(13)14)44-46-74(59(17)18)48-50-76(63(25)26,64(27)28)65(29)30/h60-65H,1-30H3. The molecule has 0 aromatic carbocycles. The quantitative estimate of drug-likeness (QED) is 0.184. The van der Waals surface area contributed by atoms with Crippen molar-refractivity contribution in [1.82, 2.24) is 0 Å². The van der Waals surface area contributed by atoms with Crippen LogP contribution in [0.4, 0.5) is 0 Å². The smallest absolute Gasteiger partial charge is 0.124 e. The molecule has 0 bridgehead atoms. The van der Waals surface area contributed by atoms with Crippen molar-refractivity contribution in [2.45, 2.75) is 241 Å². The van der Waals surface area contributed by atoms with Crippen molar-refractivity contribution in [1.29, 1.82) is 0 Å². The van der Waals surface area contributed by atoms with Crippen LogP contribution >= 0.6 is 0 Å². The maximum atomic E-state index is 3.85. The molecular formula is C74H96Si2. The highest BCUT2D eigenvalue weighted by Crippen LogP contribution is 2.42. The van der Waals surface area contributed by atoms with E-state index >= 15 is 0 Å². The molecule has 0 amide bonds. The molecule has 76 heavy (non-hydrogen) atoms. The topological polar surface area (TPSA) is 0 Å². The largest absolute Gasteiger partial charge is 0.146 e. The van der Waals surface area contributed by atoms with Crippen molar-refractivity contribution in [3.05, 3.63) is 100 Å². The summed E-state index contributed by atoms with van der Waals surface area (Å²) in [5.74, 6) is 61.0. The van der Waals surface area contributed by atoms with Gasteiger partial charge in [0.25, 0.3) is 0 Å². The second-order valence-electron chi connectivity index (χ2n) is 23.7. The molecule has 0 unspecified atom stereocenters. The van der Waals surface area contributed by atoms with Gasteiger partial charge >= 0.3 is 0 Å². The first-order valence-corrected chi connectivity index (χ1v) is 31.9. The summed E-state index contributed by atoms with van der Waals surface area (Å²) in [5, 5.41) is 0. The predicted octanol–water partition coefficient (Wildman–Crippen LogP) is 19.5. The highest BCUT2D eigenvalue weighted by Gasteiger charge is 2.42. The maximum Gasteiger partial charge on any atom is 0.146 e. The first-order valence-electron chi connectivity index (χ1n) is 27.4. The fourth-order valence-electron chi connectivity index (χ4n) is 8.74. The Bertz CT molecular complexity index is 2900. The van der Waals surface area contributed by atoms with Crippen molar-refractivity contribution in [2.75, 3.05) is 0 Å². The van der Waals surface area contributed by atoms with Crippen molar-refractivity contribution >= 4 is 16.1 Å². The van der Waals surface area contributed by atoms with Gasteiger partial charge in [-0.25, -0.2) is 0 Å². The van der Waals surface area contributed by atoms with Gasteiger partial charge in [-0.05, 0) is 158 Å². The van der Waals surface area contributed by atoms with E-state index in [1.807, 2.05) is 96.9 Å². The molecule has 0 saturated heterocycles. The highest BCUT2D eigenvalue weighted by atomic mass is 28.3. The van der Waals surface area contributed by atoms with Crippen LogP contribution in [0.3, 0.4) is 0 Å². The molecular weight excluding hydrogens is 945 g/mol. The van der Waals surface area contributed by atoms with Gasteiger partial charge in [0.2, 0.25) is 0 Å². The Morgan fingerprint density at radius 3 is 0.342 bits per heavy atom. The van der Waals surface area contributed by atoms with Gasteiger partial charge in [-0.15, -0.1) is 11.1 Å². The number of hydrogen-bond acceptors (Lipinski definition) is 0. The van der Waals surface area contributed by atoms with Crippen molar-refractivity contribution in [3.63, 3.8) is 0 Å². The molecule has 0 aliphatic heterocycles. The predicted molar refractivity (Wildman–Crippen MR) is 345 cm³/mol. The Morgan fingerprint density at radius 2 is 0.263 bits per heavy atom. The Hall–Kier alpha value is -6.31. The van der Waals surface area contributed by atoms with Gasteiger partial charge in [0.05, 0.1) is 50.2 Å². The second-order valence-corrected chi connectivity index (χ2v) is 34.8. The van der Waals surface area contributed by atoms with E-state index in [4.69, 9.17) is 0 Å². The molecule has 0 aromatic heterocycles. The highest BCUT2D eigenvalue weighted by molar-refractivity contribution is 6.91. The molecule has 0 spiro atoms. The molecule has 0 radical (unpaired) electrons. The number of hydrogen-bond donors (Lipinski definition) is 0. The molecule has 0 saturated carbocycles. The van der Waals surface area contributed by atoms with Crippen LogP contribution in [0.15, 0.2) is 100 Å². The van der Waals surface area contributed by atoms with Crippen LogP contribution in [0.5, 0.6) is 0 Å². The minimum absolute atomic E-state index is 0.547. The molecule has 0 nitrogen and oxygen atoms in total. The number of rotatable bonds is 6. The first-order chi connectivity index (χ1) is 35.1. The zero-order chi connectivity index (χ0) is 59.0. The molecule has 0 N–H and O–H groups in total. The van der Waals surface area contributed by atoms with Gasteiger partial charge in [0.15, 0.2) is 0 Å².